The molecule has 20 heavy (non-hydrogen) atoms. The first-order chi connectivity index (χ1) is 9.40. The summed E-state index contributed by atoms with van der Waals surface area (Å²) in [5.74, 6) is 0.358. The van der Waals surface area contributed by atoms with Crippen molar-refractivity contribution in [2.24, 2.45) is 11.7 Å². The van der Waals surface area contributed by atoms with Crippen LogP contribution >= 0.6 is 0 Å². The van der Waals surface area contributed by atoms with E-state index in [1.54, 1.807) is 0 Å². The number of hydrogen-bond donors (Lipinski definition) is 1. The molecule has 0 bridgehead atoms. The van der Waals surface area contributed by atoms with Crippen LogP contribution in [0.1, 0.15) is 48.0 Å². The van der Waals surface area contributed by atoms with E-state index in [1.807, 2.05) is 20.8 Å². The molecule has 2 N–H and O–H groups in total. The molecule has 0 aromatic rings. The number of allylic oxidation sites excluding steroid dienone is 1. The van der Waals surface area contributed by atoms with Crippen LogP contribution in [-0.2, 0) is 13.3 Å². The summed E-state index contributed by atoms with van der Waals surface area (Å²) in [7, 11) is -2.54. The molecule has 0 fully saturated rings. The average Bonchev–Trinajstić information content (AvgIpc) is 2.36. The van der Waals surface area contributed by atoms with Gasteiger partial charge in [0.05, 0.1) is 0 Å². The average molecular weight is 304 g/mol. The monoisotopic (exact) mass is 303 g/mol. The van der Waals surface area contributed by atoms with Gasteiger partial charge < -0.3 is 19.0 Å². The summed E-state index contributed by atoms with van der Waals surface area (Å²) in [6.45, 7) is 14.1. The molecule has 0 amide bonds. The molecule has 0 aromatic carbocycles. The zero-order valence-corrected chi connectivity index (χ0v) is 15.1. The molecule has 0 saturated carbocycles. The van der Waals surface area contributed by atoms with E-state index in [4.69, 9.17) is 19.0 Å². The second-order valence-electron chi connectivity index (χ2n) is 5.29. The minimum absolute atomic E-state index is 0.109. The van der Waals surface area contributed by atoms with E-state index in [0.717, 1.165) is 12.5 Å². The van der Waals surface area contributed by atoms with E-state index in [2.05, 4.69) is 26.8 Å². The second-order valence-corrected chi connectivity index (χ2v) is 8.02. The first-order valence-electron chi connectivity index (χ1n) is 7.73. The lowest BCUT2D eigenvalue weighted by molar-refractivity contribution is 0.0701. The third kappa shape index (κ3) is 7.55. The van der Waals surface area contributed by atoms with Crippen molar-refractivity contribution < 1.29 is 13.3 Å². The fourth-order valence-electron chi connectivity index (χ4n) is 2.26. The lowest BCUT2D eigenvalue weighted by Crippen LogP contribution is -2.47. The van der Waals surface area contributed by atoms with E-state index < -0.39 is 8.80 Å². The largest absolute Gasteiger partial charge is 0.500 e. The SMILES string of the molecule is CCO[Si](CCC(N)C(C)C=C(C)C)(OCC)OCC. The Morgan fingerprint density at radius 3 is 1.85 bits per heavy atom. The molecule has 0 heterocycles. The Labute approximate surface area is 126 Å². The van der Waals surface area contributed by atoms with Crippen molar-refractivity contribution in [1.29, 1.82) is 0 Å². The van der Waals surface area contributed by atoms with Crippen LogP contribution in [0, 0.1) is 5.92 Å². The summed E-state index contributed by atoms with van der Waals surface area (Å²) in [5, 5.41) is 0. The molecular formula is C15H33NO3Si. The van der Waals surface area contributed by atoms with Gasteiger partial charge in [0.25, 0.3) is 0 Å². The molecule has 0 spiro atoms. The van der Waals surface area contributed by atoms with Crippen molar-refractivity contribution in [1.82, 2.24) is 0 Å². The van der Waals surface area contributed by atoms with E-state index in [0.29, 0.717) is 25.7 Å². The molecule has 0 radical (unpaired) electrons. The summed E-state index contributed by atoms with van der Waals surface area (Å²) in [4.78, 5) is 0. The van der Waals surface area contributed by atoms with Gasteiger partial charge in [0, 0.05) is 31.9 Å². The number of nitrogens with two attached hydrogens (primary N) is 1. The van der Waals surface area contributed by atoms with Crippen molar-refractivity contribution in [3.8, 4) is 0 Å². The van der Waals surface area contributed by atoms with Gasteiger partial charge in [-0.25, -0.2) is 0 Å². The van der Waals surface area contributed by atoms with Crippen molar-refractivity contribution in [2.45, 2.75) is 60.0 Å². The van der Waals surface area contributed by atoms with Crippen LogP contribution in [0.15, 0.2) is 11.6 Å². The maximum Gasteiger partial charge on any atom is 0.500 e. The molecule has 2 unspecified atom stereocenters. The lowest BCUT2D eigenvalue weighted by atomic mass is 9.98. The zero-order chi connectivity index (χ0) is 15.6. The summed E-state index contributed by atoms with van der Waals surface area (Å²) in [6, 6.07) is 0.892. The highest BCUT2D eigenvalue weighted by atomic mass is 28.4. The third-order valence-electron chi connectivity index (χ3n) is 3.15. The Morgan fingerprint density at radius 1 is 1.05 bits per heavy atom. The first kappa shape index (κ1) is 19.8. The predicted octanol–water partition coefficient (Wildman–Crippen LogP) is 3.35. The van der Waals surface area contributed by atoms with Crippen molar-refractivity contribution >= 4 is 8.80 Å². The molecule has 0 aliphatic carbocycles. The summed E-state index contributed by atoms with van der Waals surface area (Å²) >= 11 is 0. The van der Waals surface area contributed by atoms with Gasteiger partial charge in [-0.05, 0) is 47.0 Å². The summed E-state index contributed by atoms with van der Waals surface area (Å²) in [6.07, 6.45) is 3.08. The van der Waals surface area contributed by atoms with Crippen molar-refractivity contribution in [3.05, 3.63) is 11.6 Å². The quantitative estimate of drug-likeness (QED) is 0.470. The standard InChI is InChI=1S/C15H33NO3Si/c1-7-17-20(18-8-2,19-9-3)11-10-15(16)14(6)12-13(4)5/h12,14-15H,7-11,16H2,1-6H3. The van der Waals surface area contributed by atoms with E-state index in [1.165, 1.54) is 5.57 Å². The van der Waals surface area contributed by atoms with Crippen LogP contribution in [0.5, 0.6) is 0 Å². The van der Waals surface area contributed by atoms with Crippen LogP contribution in [0.2, 0.25) is 6.04 Å². The van der Waals surface area contributed by atoms with Gasteiger partial charge in [-0.15, -0.1) is 0 Å². The molecule has 0 aliphatic heterocycles. The van der Waals surface area contributed by atoms with Crippen LogP contribution in [0.3, 0.4) is 0 Å². The summed E-state index contributed by atoms with van der Waals surface area (Å²) in [5.41, 5.74) is 7.57. The Kier molecular flexibility index (Phi) is 10.4. The molecule has 5 heteroatoms. The molecule has 0 aliphatic rings. The lowest BCUT2D eigenvalue weighted by Gasteiger charge is -2.30. The highest BCUT2D eigenvalue weighted by Gasteiger charge is 2.40. The smallest absolute Gasteiger partial charge is 0.374 e. The Morgan fingerprint density at radius 2 is 1.50 bits per heavy atom. The van der Waals surface area contributed by atoms with Gasteiger partial charge in [0.2, 0.25) is 0 Å². The van der Waals surface area contributed by atoms with Crippen LogP contribution in [0.25, 0.3) is 0 Å². The van der Waals surface area contributed by atoms with Gasteiger partial charge in [-0.1, -0.05) is 18.6 Å². The maximum atomic E-state index is 6.27. The van der Waals surface area contributed by atoms with Gasteiger partial charge in [0.15, 0.2) is 0 Å². The fraction of sp³-hybridized carbons (Fsp3) is 0.867. The molecular weight excluding hydrogens is 270 g/mol. The zero-order valence-electron chi connectivity index (χ0n) is 14.1. The Hall–Kier alpha value is -0.203. The molecule has 0 saturated heterocycles. The van der Waals surface area contributed by atoms with Gasteiger partial charge >= 0.3 is 8.80 Å². The Bertz CT molecular complexity index is 263. The second kappa shape index (κ2) is 10.5. The minimum atomic E-state index is -2.54. The van der Waals surface area contributed by atoms with Crippen LogP contribution in [-0.4, -0.2) is 34.7 Å². The van der Waals surface area contributed by atoms with Gasteiger partial charge in [-0.3, -0.25) is 0 Å². The molecule has 0 rings (SSSR count). The fourth-order valence-corrected chi connectivity index (χ4v) is 4.95. The molecule has 0 aromatic heterocycles. The highest BCUT2D eigenvalue weighted by Crippen LogP contribution is 2.21. The van der Waals surface area contributed by atoms with Crippen LogP contribution < -0.4 is 5.73 Å². The van der Waals surface area contributed by atoms with Crippen molar-refractivity contribution in [3.63, 3.8) is 0 Å². The molecule has 2 atom stereocenters. The van der Waals surface area contributed by atoms with E-state index in [9.17, 15) is 0 Å². The van der Waals surface area contributed by atoms with E-state index >= 15 is 0 Å². The normalized spacial score (nSPS) is 14.9. The molecule has 120 valence electrons. The summed E-state index contributed by atoms with van der Waals surface area (Å²) < 4.78 is 17.5. The Balaban J connectivity index is 4.61. The van der Waals surface area contributed by atoms with Crippen molar-refractivity contribution in [2.75, 3.05) is 19.8 Å². The number of rotatable bonds is 11. The number of hydrogen-bond acceptors (Lipinski definition) is 4. The first-order valence-corrected chi connectivity index (χ1v) is 9.66. The maximum absolute atomic E-state index is 6.27. The highest BCUT2D eigenvalue weighted by molar-refractivity contribution is 6.60. The predicted molar refractivity (Wildman–Crippen MR) is 86.6 cm³/mol. The molecule has 4 nitrogen and oxygen atoms in total. The van der Waals surface area contributed by atoms with E-state index in [-0.39, 0.29) is 6.04 Å². The third-order valence-corrected chi connectivity index (χ3v) is 6.23. The topological polar surface area (TPSA) is 53.7 Å². The van der Waals surface area contributed by atoms with Crippen LogP contribution in [0.4, 0.5) is 0 Å². The van der Waals surface area contributed by atoms with Gasteiger partial charge in [-0.2, -0.15) is 0 Å². The van der Waals surface area contributed by atoms with Gasteiger partial charge in [0.1, 0.15) is 0 Å². The minimum Gasteiger partial charge on any atom is -0.374 e.